The average molecular weight is 330 g/mol. The molecule has 0 N–H and O–H groups in total. The fraction of sp³-hybridized carbons (Fsp3) is 0.933. The second-order valence-corrected chi connectivity index (χ2v) is 12.2. The van der Waals surface area contributed by atoms with Crippen molar-refractivity contribution in [2.45, 2.75) is 65.5 Å². The zero-order valence-corrected chi connectivity index (χ0v) is 14.7. The van der Waals surface area contributed by atoms with E-state index >= 15 is 0 Å². The number of halogens is 3. The van der Waals surface area contributed by atoms with Crippen molar-refractivity contribution in [3.63, 3.8) is 0 Å². The molecule has 21 heavy (non-hydrogen) atoms. The molecular formula is C15H30F3O2P. The summed E-state index contributed by atoms with van der Waals surface area (Å²) in [5.41, 5.74) is 0. The Morgan fingerprint density at radius 2 is 1.24 bits per heavy atom. The molecule has 0 radical (unpaired) electrons. The SMILES string of the molecule is CCCCP(C)(CCCC)(CCCC)OC(=O)C(F)(F)F. The van der Waals surface area contributed by atoms with Crippen molar-refractivity contribution >= 4 is 12.8 Å². The van der Waals surface area contributed by atoms with Gasteiger partial charge in [-0.05, 0) is 0 Å². The van der Waals surface area contributed by atoms with Crippen molar-refractivity contribution in [1.29, 1.82) is 0 Å². The van der Waals surface area contributed by atoms with E-state index < -0.39 is 19.0 Å². The summed E-state index contributed by atoms with van der Waals surface area (Å²) in [4.78, 5) is 11.5. The van der Waals surface area contributed by atoms with Crippen LogP contribution in [0.1, 0.15) is 59.3 Å². The number of unbranched alkanes of at least 4 members (excludes halogenated alkanes) is 3. The van der Waals surface area contributed by atoms with Gasteiger partial charge in [0.25, 0.3) is 0 Å². The third kappa shape index (κ3) is 6.99. The summed E-state index contributed by atoms with van der Waals surface area (Å²) in [6.45, 7) is 4.77. The molecule has 0 aliphatic rings. The molecule has 0 heterocycles. The van der Waals surface area contributed by atoms with Gasteiger partial charge in [-0.2, -0.15) is 0 Å². The fourth-order valence-corrected chi connectivity index (χ4v) is 7.79. The van der Waals surface area contributed by atoms with Crippen molar-refractivity contribution in [1.82, 2.24) is 0 Å². The zero-order valence-electron chi connectivity index (χ0n) is 13.8. The van der Waals surface area contributed by atoms with Crippen molar-refractivity contribution in [3.05, 3.63) is 0 Å². The van der Waals surface area contributed by atoms with Gasteiger partial charge in [-0.25, -0.2) is 0 Å². The fourth-order valence-electron chi connectivity index (χ4n) is 2.60. The monoisotopic (exact) mass is 330 g/mol. The summed E-state index contributed by atoms with van der Waals surface area (Å²) in [5, 5.41) is 0. The molecule has 0 aromatic heterocycles. The van der Waals surface area contributed by atoms with E-state index in [9.17, 15) is 18.0 Å². The number of carbonyl (C=O) groups excluding carboxylic acids is 1. The number of alkyl halides is 3. The van der Waals surface area contributed by atoms with Gasteiger partial charge < -0.3 is 0 Å². The topological polar surface area (TPSA) is 26.3 Å². The number of hydrogen-bond donors (Lipinski definition) is 0. The van der Waals surface area contributed by atoms with Crippen LogP contribution in [-0.4, -0.2) is 37.3 Å². The summed E-state index contributed by atoms with van der Waals surface area (Å²) >= 11 is 0. The quantitative estimate of drug-likeness (QED) is 0.488. The van der Waals surface area contributed by atoms with Crippen LogP contribution in [0, 0.1) is 0 Å². The van der Waals surface area contributed by atoms with E-state index in [0.717, 1.165) is 38.5 Å². The van der Waals surface area contributed by atoms with E-state index in [1.165, 1.54) is 0 Å². The molecule has 2 nitrogen and oxygen atoms in total. The Kier molecular flexibility index (Phi) is 8.23. The average Bonchev–Trinajstić information content (AvgIpc) is 2.41. The molecule has 128 valence electrons. The van der Waals surface area contributed by atoms with E-state index in [0.29, 0.717) is 18.5 Å². The molecule has 0 fully saturated rings. The first kappa shape index (κ1) is 20.7. The predicted molar refractivity (Wildman–Crippen MR) is 84.3 cm³/mol. The van der Waals surface area contributed by atoms with Crippen LogP contribution in [0.2, 0.25) is 0 Å². The first-order valence-corrected chi connectivity index (χ1v) is 11.1. The van der Waals surface area contributed by atoms with Gasteiger partial charge in [0.2, 0.25) is 0 Å². The zero-order chi connectivity index (χ0) is 16.6. The first-order chi connectivity index (χ1) is 9.61. The molecular weight excluding hydrogens is 300 g/mol. The Bertz CT molecular complexity index is 305. The van der Waals surface area contributed by atoms with Crippen LogP contribution in [-0.2, 0) is 9.32 Å². The van der Waals surface area contributed by atoms with Crippen LogP contribution in [0.4, 0.5) is 13.2 Å². The number of rotatable bonds is 10. The molecule has 0 rings (SSSR count). The second-order valence-electron chi connectivity index (χ2n) is 6.30. The Morgan fingerprint density at radius 1 is 0.905 bits per heavy atom. The summed E-state index contributed by atoms with van der Waals surface area (Å²) in [7, 11) is 0. The van der Waals surface area contributed by atoms with Gasteiger partial charge in [-0.15, -0.1) is 0 Å². The van der Waals surface area contributed by atoms with Crippen molar-refractivity contribution in [2.24, 2.45) is 0 Å². The minimum absolute atomic E-state index is 0.615. The Labute approximate surface area is 126 Å². The third-order valence-corrected chi connectivity index (χ3v) is 9.50. The van der Waals surface area contributed by atoms with E-state index in [4.69, 9.17) is 4.52 Å². The van der Waals surface area contributed by atoms with Crippen LogP contribution >= 0.6 is 6.83 Å². The number of carbonyl (C=O) groups is 1. The Hall–Kier alpha value is -0.310. The van der Waals surface area contributed by atoms with Crippen molar-refractivity contribution in [2.75, 3.05) is 25.2 Å². The molecule has 0 aromatic carbocycles. The summed E-state index contributed by atoms with van der Waals surface area (Å²) in [6, 6.07) is 0. The first-order valence-electron chi connectivity index (χ1n) is 7.92. The Morgan fingerprint density at radius 3 is 1.48 bits per heavy atom. The predicted octanol–water partition coefficient (Wildman–Crippen LogP) is 5.59. The molecule has 6 heteroatoms. The molecule has 0 aliphatic heterocycles. The normalized spacial score (nSPS) is 14.5. The molecule has 0 aromatic rings. The molecule has 0 aliphatic carbocycles. The van der Waals surface area contributed by atoms with Gasteiger partial charge in [0.1, 0.15) is 0 Å². The standard InChI is InChI=1S/C15H30F3O2P/c1-5-8-11-21(4,12-9-6-2,13-10-7-3)20-14(19)15(16,17)18/h5-13H2,1-4H3. The summed E-state index contributed by atoms with van der Waals surface area (Å²) in [5.74, 6) is -1.99. The van der Waals surface area contributed by atoms with E-state index in [-0.39, 0.29) is 0 Å². The maximum atomic E-state index is 12.7. The molecule has 0 amide bonds. The molecule has 0 saturated carbocycles. The van der Waals surface area contributed by atoms with Gasteiger partial charge in [0.15, 0.2) is 0 Å². The molecule has 0 spiro atoms. The van der Waals surface area contributed by atoms with Crippen LogP contribution in [0.3, 0.4) is 0 Å². The van der Waals surface area contributed by atoms with Gasteiger partial charge >= 0.3 is 126 Å². The maximum absolute atomic E-state index is 12.7. The number of hydrogen-bond acceptors (Lipinski definition) is 2. The third-order valence-electron chi connectivity index (χ3n) is 4.03. The molecule has 0 atom stereocenters. The van der Waals surface area contributed by atoms with Crippen molar-refractivity contribution in [3.8, 4) is 0 Å². The van der Waals surface area contributed by atoms with Crippen LogP contribution in [0.5, 0.6) is 0 Å². The van der Waals surface area contributed by atoms with Crippen LogP contribution in [0.25, 0.3) is 0 Å². The van der Waals surface area contributed by atoms with E-state index in [1.54, 1.807) is 0 Å². The Balaban J connectivity index is 5.37. The van der Waals surface area contributed by atoms with Gasteiger partial charge in [-0.1, -0.05) is 0 Å². The second kappa shape index (κ2) is 8.36. The van der Waals surface area contributed by atoms with Crippen LogP contribution in [0.15, 0.2) is 0 Å². The van der Waals surface area contributed by atoms with E-state index in [1.807, 2.05) is 27.4 Å². The minimum atomic E-state index is -4.90. The summed E-state index contributed by atoms with van der Waals surface area (Å²) in [6.07, 6.45) is 2.07. The molecule has 0 bridgehead atoms. The van der Waals surface area contributed by atoms with Crippen molar-refractivity contribution < 1.29 is 22.5 Å². The van der Waals surface area contributed by atoms with Gasteiger partial charge in [0.05, 0.1) is 0 Å². The van der Waals surface area contributed by atoms with E-state index in [2.05, 4.69) is 0 Å². The van der Waals surface area contributed by atoms with Crippen LogP contribution < -0.4 is 0 Å². The summed E-state index contributed by atoms with van der Waals surface area (Å²) < 4.78 is 43.3. The van der Waals surface area contributed by atoms with Gasteiger partial charge in [-0.3, -0.25) is 0 Å². The molecule has 0 unspecified atom stereocenters. The van der Waals surface area contributed by atoms with Gasteiger partial charge in [0, 0.05) is 0 Å². The molecule has 0 saturated heterocycles.